The highest BCUT2D eigenvalue weighted by Crippen LogP contribution is 2.28. The highest BCUT2D eigenvalue weighted by molar-refractivity contribution is 5.20. The van der Waals surface area contributed by atoms with Crippen LogP contribution in [-0.4, -0.2) is 35.7 Å². The summed E-state index contributed by atoms with van der Waals surface area (Å²) in [6.07, 6.45) is 2.29. The van der Waals surface area contributed by atoms with E-state index < -0.39 is 0 Å². The van der Waals surface area contributed by atoms with Crippen molar-refractivity contribution in [1.82, 2.24) is 4.90 Å². The number of hydrogen-bond donors (Lipinski definition) is 2. The maximum absolute atomic E-state index is 9.34. The average molecular weight is 248 g/mol. The molecule has 1 fully saturated rings. The first-order chi connectivity index (χ1) is 8.72. The van der Waals surface area contributed by atoms with Crippen molar-refractivity contribution in [1.29, 1.82) is 0 Å². The predicted molar refractivity (Wildman–Crippen MR) is 74.2 cm³/mol. The molecule has 1 aromatic carbocycles. The van der Waals surface area contributed by atoms with Crippen molar-refractivity contribution in [2.24, 2.45) is 11.7 Å². The molecule has 3 N–H and O–H groups in total. The third kappa shape index (κ3) is 3.10. The monoisotopic (exact) mass is 248 g/mol. The molecule has 3 heteroatoms. The van der Waals surface area contributed by atoms with E-state index in [0.717, 1.165) is 25.9 Å². The summed E-state index contributed by atoms with van der Waals surface area (Å²) in [4.78, 5) is 2.43. The minimum absolute atomic E-state index is 0.102. The second-order valence-corrected chi connectivity index (χ2v) is 5.40. The number of aliphatic hydroxyl groups is 1. The molecule has 0 bridgehead atoms. The summed E-state index contributed by atoms with van der Waals surface area (Å²) in [5, 5.41) is 9.34. The summed E-state index contributed by atoms with van der Waals surface area (Å²) < 4.78 is 0. The van der Waals surface area contributed by atoms with Crippen LogP contribution in [0.4, 0.5) is 0 Å². The normalized spacial score (nSPS) is 24.7. The Morgan fingerprint density at radius 2 is 2.11 bits per heavy atom. The highest BCUT2D eigenvalue weighted by Gasteiger charge is 2.28. The maximum Gasteiger partial charge on any atom is 0.0496 e. The quantitative estimate of drug-likeness (QED) is 0.854. The van der Waals surface area contributed by atoms with Crippen LogP contribution in [0.1, 0.15) is 31.4 Å². The van der Waals surface area contributed by atoms with Gasteiger partial charge in [0.1, 0.15) is 0 Å². The average Bonchev–Trinajstić information content (AvgIpc) is 2.40. The zero-order valence-electron chi connectivity index (χ0n) is 11.1. The molecule has 1 heterocycles. The van der Waals surface area contributed by atoms with Crippen LogP contribution >= 0.6 is 0 Å². The van der Waals surface area contributed by atoms with Crippen molar-refractivity contribution < 1.29 is 5.11 Å². The van der Waals surface area contributed by atoms with Gasteiger partial charge in [0.05, 0.1) is 0 Å². The van der Waals surface area contributed by atoms with E-state index in [2.05, 4.69) is 36.1 Å². The standard InChI is InChI=1S/C15H24N2O/c1-12(16)15(14-7-3-2-4-8-14)17-9-5-6-13(10-17)11-18/h2-4,7-8,12-13,15,18H,5-6,9-11,16H2,1H3. The van der Waals surface area contributed by atoms with Crippen molar-refractivity contribution in [2.45, 2.75) is 31.8 Å². The Morgan fingerprint density at radius 1 is 1.39 bits per heavy atom. The third-order valence-electron chi connectivity index (χ3n) is 3.84. The second-order valence-electron chi connectivity index (χ2n) is 5.40. The van der Waals surface area contributed by atoms with Crippen LogP contribution in [-0.2, 0) is 0 Å². The van der Waals surface area contributed by atoms with Crippen molar-refractivity contribution in [3.05, 3.63) is 35.9 Å². The molecule has 1 saturated heterocycles. The Bertz CT molecular complexity index is 353. The fourth-order valence-corrected chi connectivity index (χ4v) is 3.00. The molecule has 18 heavy (non-hydrogen) atoms. The lowest BCUT2D eigenvalue weighted by Crippen LogP contribution is -2.45. The van der Waals surface area contributed by atoms with Crippen LogP contribution in [0.15, 0.2) is 30.3 Å². The smallest absolute Gasteiger partial charge is 0.0496 e. The first kappa shape index (κ1) is 13.5. The number of rotatable bonds is 4. The van der Waals surface area contributed by atoms with Gasteiger partial charge >= 0.3 is 0 Å². The first-order valence-corrected chi connectivity index (χ1v) is 6.88. The van der Waals surface area contributed by atoms with Gasteiger partial charge in [0.2, 0.25) is 0 Å². The summed E-state index contributed by atoms with van der Waals surface area (Å²) >= 11 is 0. The summed E-state index contributed by atoms with van der Waals surface area (Å²) in [5.74, 6) is 0.406. The minimum atomic E-state index is 0.102. The van der Waals surface area contributed by atoms with Crippen molar-refractivity contribution in [3.8, 4) is 0 Å². The van der Waals surface area contributed by atoms with Gasteiger partial charge in [-0.15, -0.1) is 0 Å². The van der Waals surface area contributed by atoms with Gasteiger partial charge < -0.3 is 10.8 Å². The molecule has 1 aliphatic heterocycles. The lowest BCUT2D eigenvalue weighted by atomic mass is 9.93. The van der Waals surface area contributed by atoms with Gasteiger partial charge in [-0.2, -0.15) is 0 Å². The molecule has 2 rings (SSSR count). The van der Waals surface area contributed by atoms with E-state index >= 15 is 0 Å². The molecule has 3 atom stereocenters. The van der Waals surface area contributed by atoms with Gasteiger partial charge in [0, 0.05) is 25.2 Å². The van der Waals surface area contributed by atoms with Gasteiger partial charge in [-0.1, -0.05) is 30.3 Å². The van der Waals surface area contributed by atoms with Crippen LogP contribution in [0, 0.1) is 5.92 Å². The Kier molecular flexibility index (Phi) is 4.75. The SMILES string of the molecule is CC(N)C(c1ccccc1)N1CCCC(CO)C1. The molecule has 0 radical (unpaired) electrons. The number of piperidine rings is 1. The van der Waals surface area contributed by atoms with E-state index in [4.69, 9.17) is 5.73 Å². The Balaban J connectivity index is 2.15. The van der Waals surface area contributed by atoms with Gasteiger partial charge in [-0.3, -0.25) is 4.90 Å². The van der Waals surface area contributed by atoms with Crippen LogP contribution in [0.3, 0.4) is 0 Å². The molecule has 0 aromatic heterocycles. The Labute approximate surface area is 110 Å². The minimum Gasteiger partial charge on any atom is -0.396 e. The molecule has 1 aliphatic rings. The van der Waals surface area contributed by atoms with Crippen molar-refractivity contribution >= 4 is 0 Å². The number of hydrogen-bond acceptors (Lipinski definition) is 3. The number of benzene rings is 1. The summed E-state index contributed by atoms with van der Waals surface area (Å²) in [6.45, 7) is 4.40. The van der Waals surface area contributed by atoms with Gasteiger partial charge in [-0.05, 0) is 37.8 Å². The fourth-order valence-electron chi connectivity index (χ4n) is 3.00. The molecular formula is C15H24N2O. The molecule has 100 valence electrons. The van der Waals surface area contributed by atoms with E-state index in [1.807, 2.05) is 6.07 Å². The predicted octanol–water partition coefficient (Wildman–Crippen LogP) is 1.78. The van der Waals surface area contributed by atoms with E-state index in [1.54, 1.807) is 0 Å². The maximum atomic E-state index is 9.34. The van der Waals surface area contributed by atoms with Gasteiger partial charge in [0.25, 0.3) is 0 Å². The second kappa shape index (κ2) is 6.32. The topological polar surface area (TPSA) is 49.5 Å². The molecule has 0 aliphatic carbocycles. The number of nitrogens with two attached hydrogens (primary N) is 1. The fraction of sp³-hybridized carbons (Fsp3) is 0.600. The molecule has 3 unspecified atom stereocenters. The molecule has 0 saturated carbocycles. The zero-order valence-corrected chi connectivity index (χ0v) is 11.1. The molecule has 1 aromatic rings. The van der Waals surface area contributed by atoms with Crippen LogP contribution in [0.2, 0.25) is 0 Å². The van der Waals surface area contributed by atoms with E-state index in [1.165, 1.54) is 5.56 Å². The van der Waals surface area contributed by atoms with E-state index in [0.29, 0.717) is 5.92 Å². The Morgan fingerprint density at radius 3 is 2.72 bits per heavy atom. The Hall–Kier alpha value is -0.900. The third-order valence-corrected chi connectivity index (χ3v) is 3.84. The highest BCUT2D eigenvalue weighted by atomic mass is 16.3. The van der Waals surface area contributed by atoms with Crippen LogP contribution in [0.25, 0.3) is 0 Å². The van der Waals surface area contributed by atoms with Crippen LogP contribution in [0.5, 0.6) is 0 Å². The van der Waals surface area contributed by atoms with E-state index in [9.17, 15) is 5.11 Å². The van der Waals surface area contributed by atoms with Crippen molar-refractivity contribution in [2.75, 3.05) is 19.7 Å². The van der Waals surface area contributed by atoms with Gasteiger partial charge in [-0.25, -0.2) is 0 Å². The summed E-state index contributed by atoms with van der Waals surface area (Å²) in [5.41, 5.74) is 7.47. The summed E-state index contributed by atoms with van der Waals surface area (Å²) in [7, 11) is 0. The zero-order chi connectivity index (χ0) is 13.0. The lowest BCUT2D eigenvalue weighted by Gasteiger charge is -2.39. The van der Waals surface area contributed by atoms with E-state index in [-0.39, 0.29) is 18.7 Å². The van der Waals surface area contributed by atoms with Crippen molar-refractivity contribution in [3.63, 3.8) is 0 Å². The number of likely N-dealkylation sites (tertiary alicyclic amines) is 1. The van der Waals surface area contributed by atoms with Gasteiger partial charge in [0.15, 0.2) is 0 Å². The lowest BCUT2D eigenvalue weighted by molar-refractivity contribution is 0.0793. The van der Waals surface area contributed by atoms with Crippen LogP contribution < -0.4 is 5.73 Å². The molecule has 0 amide bonds. The molecule has 3 nitrogen and oxygen atoms in total. The first-order valence-electron chi connectivity index (χ1n) is 6.88. The molecule has 0 spiro atoms. The number of aliphatic hydroxyl groups excluding tert-OH is 1. The number of nitrogens with zero attached hydrogens (tertiary/aromatic N) is 1. The largest absolute Gasteiger partial charge is 0.396 e. The molecular weight excluding hydrogens is 224 g/mol. The summed E-state index contributed by atoms with van der Waals surface area (Å²) in [6, 6.07) is 10.8.